The fourth-order valence-corrected chi connectivity index (χ4v) is 6.47. The van der Waals surface area contributed by atoms with E-state index in [2.05, 4.69) is 0 Å². The molecule has 36 heavy (non-hydrogen) atoms. The lowest BCUT2D eigenvalue weighted by Crippen LogP contribution is -2.31. The van der Waals surface area contributed by atoms with Gasteiger partial charge in [0.1, 0.15) is 21.4 Å². The Kier molecular flexibility index (Phi) is 7.06. The zero-order valence-electron chi connectivity index (χ0n) is 18.7. The molecule has 1 aliphatic rings. The van der Waals surface area contributed by atoms with Gasteiger partial charge >= 0.3 is 10.9 Å². The molecule has 1 saturated heterocycles. The largest absolute Gasteiger partial charge is 0.497 e. The number of benzene rings is 2. The Bertz CT molecular complexity index is 1550. The van der Waals surface area contributed by atoms with Crippen molar-refractivity contribution in [1.29, 1.82) is 0 Å². The molecule has 0 spiro atoms. The number of thiocarbonyl (C=S) groups is 1. The van der Waals surface area contributed by atoms with Crippen molar-refractivity contribution in [3.63, 3.8) is 0 Å². The first kappa shape index (κ1) is 24.4. The molecule has 0 aliphatic carbocycles. The molecule has 1 aliphatic heterocycles. The number of hydrogen-bond donors (Lipinski definition) is 0. The third kappa shape index (κ3) is 5.00. The number of esters is 1. The minimum Gasteiger partial charge on any atom is -0.497 e. The molecule has 1 amide bonds. The number of carbonyl (C=O) groups excluding carboxylic acids is 2. The van der Waals surface area contributed by atoms with Crippen molar-refractivity contribution < 1.29 is 23.5 Å². The number of ether oxygens (including phenoxy) is 2. The first-order chi connectivity index (χ1) is 17.4. The highest BCUT2D eigenvalue weighted by atomic mass is 32.2. The minimum atomic E-state index is -0.531. The molecule has 0 saturated carbocycles. The second-order valence-corrected chi connectivity index (χ2v) is 11.1. The summed E-state index contributed by atoms with van der Waals surface area (Å²) in [5, 5.41) is 1.93. The van der Waals surface area contributed by atoms with Gasteiger partial charge in [-0.25, -0.2) is 4.79 Å². The Labute approximate surface area is 222 Å². The zero-order valence-corrected chi connectivity index (χ0v) is 22.0. The van der Waals surface area contributed by atoms with Crippen LogP contribution >= 0.6 is 46.7 Å². The smallest absolute Gasteiger partial charge is 0.396 e. The predicted octanol–water partition coefficient (Wildman–Crippen LogP) is 5.79. The molecule has 3 heterocycles. The molecule has 11 heteroatoms. The van der Waals surface area contributed by atoms with Gasteiger partial charge in [-0.3, -0.25) is 14.5 Å². The molecule has 182 valence electrons. The average molecular weight is 556 g/mol. The Morgan fingerprint density at radius 3 is 2.67 bits per heavy atom. The van der Waals surface area contributed by atoms with Gasteiger partial charge < -0.3 is 13.9 Å². The first-order valence-electron chi connectivity index (χ1n) is 10.6. The van der Waals surface area contributed by atoms with Crippen LogP contribution in [0, 0.1) is 0 Å². The van der Waals surface area contributed by atoms with E-state index in [1.807, 2.05) is 29.6 Å². The normalized spacial score (nSPS) is 14.7. The molecular weight excluding hydrogens is 539 g/mol. The van der Waals surface area contributed by atoms with Gasteiger partial charge in [0.05, 0.1) is 23.1 Å². The summed E-state index contributed by atoms with van der Waals surface area (Å²) >= 11 is 9.04. The summed E-state index contributed by atoms with van der Waals surface area (Å²) in [4.78, 5) is 40.0. The maximum absolute atomic E-state index is 12.8. The van der Waals surface area contributed by atoms with Gasteiger partial charge in [-0.2, -0.15) is 0 Å². The van der Waals surface area contributed by atoms with Crippen molar-refractivity contribution in [2.75, 3.05) is 13.7 Å². The van der Waals surface area contributed by atoms with Crippen molar-refractivity contribution in [3.05, 3.63) is 73.4 Å². The number of fused-ring (bicyclic) bond motifs is 1. The molecule has 0 unspecified atom stereocenters. The first-order valence-corrected chi connectivity index (χ1v) is 13.6. The third-order valence-corrected chi connectivity index (χ3v) is 8.35. The van der Waals surface area contributed by atoms with E-state index in [0.29, 0.717) is 30.8 Å². The van der Waals surface area contributed by atoms with Crippen LogP contribution in [0.15, 0.2) is 68.0 Å². The van der Waals surface area contributed by atoms with Crippen LogP contribution in [0.3, 0.4) is 0 Å². The fraction of sp³-hybridized carbons (Fsp3) is 0.120. The van der Waals surface area contributed by atoms with Gasteiger partial charge in [-0.15, -0.1) is 11.3 Å². The summed E-state index contributed by atoms with van der Waals surface area (Å²) in [5.41, 5.74) is 1.71. The summed E-state index contributed by atoms with van der Waals surface area (Å²) in [6.07, 6.45) is 1.75. The highest BCUT2D eigenvalue weighted by Crippen LogP contribution is 2.39. The summed E-state index contributed by atoms with van der Waals surface area (Å²) in [5.74, 6) is 0.199. The Morgan fingerprint density at radius 1 is 1.14 bits per heavy atom. The summed E-state index contributed by atoms with van der Waals surface area (Å²) in [7, 11) is 1.57. The van der Waals surface area contributed by atoms with E-state index in [9.17, 15) is 14.4 Å². The number of thioether (sulfide) groups is 1. The molecular formula is C25H17NO6S4. The number of methoxy groups -OCH3 is 1. The van der Waals surface area contributed by atoms with E-state index in [1.165, 1.54) is 28.0 Å². The summed E-state index contributed by atoms with van der Waals surface area (Å²) in [6.45, 7) is 0.102. The summed E-state index contributed by atoms with van der Waals surface area (Å²) in [6, 6.07) is 14.2. The quantitative estimate of drug-likeness (QED) is 0.123. The van der Waals surface area contributed by atoms with Crippen molar-refractivity contribution in [2.45, 2.75) is 6.42 Å². The molecule has 2 aromatic carbocycles. The van der Waals surface area contributed by atoms with Crippen LogP contribution in [0.1, 0.15) is 11.3 Å². The molecule has 4 aromatic rings. The molecule has 2 aromatic heterocycles. The molecule has 0 atom stereocenters. The third-order valence-electron chi connectivity index (χ3n) is 5.29. The fourth-order valence-electron chi connectivity index (χ4n) is 3.61. The van der Waals surface area contributed by atoms with Crippen LogP contribution in [0.4, 0.5) is 0 Å². The predicted molar refractivity (Wildman–Crippen MR) is 147 cm³/mol. The van der Waals surface area contributed by atoms with Gasteiger partial charge in [-0.1, -0.05) is 53.5 Å². The number of nitrogens with zero attached hydrogens (tertiary/aromatic N) is 1. The van der Waals surface area contributed by atoms with E-state index in [0.717, 1.165) is 21.8 Å². The van der Waals surface area contributed by atoms with Gasteiger partial charge in [0.2, 0.25) is 0 Å². The van der Waals surface area contributed by atoms with Crippen LogP contribution < -0.4 is 14.4 Å². The highest BCUT2D eigenvalue weighted by Gasteiger charge is 2.32. The molecule has 0 N–H and O–H groups in total. The zero-order chi connectivity index (χ0) is 25.2. The molecule has 7 nitrogen and oxygen atoms in total. The van der Waals surface area contributed by atoms with E-state index < -0.39 is 10.9 Å². The van der Waals surface area contributed by atoms with Crippen molar-refractivity contribution in [3.8, 4) is 22.6 Å². The van der Waals surface area contributed by atoms with Gasteiger partial charge in [0.25, 0.3) is 5.91 Å². The van der Waals surface area contributed by atoms with Crippen LogP contribution in [0.2, 0.25) is 0 Å². The highest BCUT2D eigenvalue weighted by molar-refractivity contribution is 8.26. The number of hydrogen-bond acceptors (Lipinski definition) is 10. The molecule has 1 fully saturated rings. The van der Waals surface area contributed by atoms with Crippen LogP contribution in [-0.2, 0) is 9.59 Å². The van der Waals surface area contributed by atoms with Crippen molar-refractivity contribution in [2.24, 2.45) is 0 Å². The lowest BCUT2D eigenvalue weighted by atomic mass is 10.0. The van der Waals surface area contributed by atoms with Gasteiger partial charge in [0, 0.05) is 17.0 Å². The number of rotatable bonds is 7. The second-order valence-electron chi connectivity index (χ2n) is 7.52. The monoisotopic (exact) mass is 555 g/mol. The maximum Gasteiger partial charge on any atom is 0.396 e. The van der Waals surface area contributed by atoms with E-state index >= 15 is 0 Å². The summed E-state index contributed by atoms with van der Waals surface area (Å²) < 4.78 is 17.2. The van der Waals surface area contributed by atoms with Crippen LogP contribution in [-0.4, -0.2) is 34.8 Å². The van der Waals surface area contributed by atoms with E-state index in [-0.39, 0.29) is 24.6 Å². The van der Waals surface area contributed by atoms with E-state index in [1.54, 1.807) is 37.5 Å². The Morgan fingerprint density at radius 2 is 1.94 bits per heavy atom. The lowest BCUT2D eigenvalue weighted by Gasteiger charge is -2.15. The van der Waals surface area contributed by atoms with Crippen LogP contribution in [0.5, 0.6) is 11.5 Å². The van der Waals surface area contributed by atoms with Crippen molar-refractivity contribution in [1.82, 2.24) is 4.90 Å². The molecule has 5 rings (SSSR count). The topological polar surface area (TPSA) is 86.1 Å². The lowest BCUT2D eigenvalue weighted by molar-refractivity contribution is -0.134. The number of thiophene rings is 1. The SMILES string of the molecule is COc1ccc(-c2c(OC(=O)CCN3C(=O)C(=Cc4cccs4)SC3=S)ccc3oc(=O)sc23)cc1. The number of amides is 1. The van der Waals surface area contributed by atoms with Crippen molar-refractivity contribution >= 4 is 79.2 Å². The molecule has 0 bridgehead atoms. The maximum atomic E-state index is 12.8. The van der Waals surface area contributed by atoms with Gasteiger partial charge in [0.15, 0.2) is 0 Å². The Balaban J connectivity index is 1.35. The van der Waals surface area contributed by atoms with E-state index in [4.69, 9.17) is 26.1 Å². The second kappa shape index (κ2) is 10.4. The average Bonchev–Trinajstić information content (AvgIpc) is 3.58. The minimum absolute atomic E-state index is 0.0551. The van der Waals surface area contributed by atoms with Gasteiger partial charge in [-0.05, 0) is 47.4 Å². The number of carbonyl (C=O) groups is 2. The standard InChI is InChI=1S/C25H17NO6S4/c1-30-15-6-4-14(5-7-15)21-17(8-9-18-22(21)36-25(29)32-18)31-20(27)10-11-26-23(28)19(35-24(26)33)13-16-3-2-12-34-16/h2-9,12-13H,10-11H2,1H3. The van der Waals surface area contributed by atoms with Crippen LogP contribution in [0.25, 0.3) is 27.5 Å². The Hall–Kier alpha value is -3.25. The molecule has 0 radical (unpaired) electrons.